The zero-order valence-electron chi connectivity index (χ0n) is 18.0. The van der Waals surface area contributed by atoms with Crippen molar-refractivity contribution in [3.05, 3.63) is 48.0 Å². The van der Waals surface area contributed by atoms with E-state index in [9.17, 15) is 4.79 Å². The van der Waals surface area contributed by atoms with Gasteiger partial charge in [0.1, 0.15) is 23.7 Å². The summed E-state index contributed by atoms with van der Waals surface area (Å²) in [4.78, 5) is 12.1. The number of carbonyl (C=O) groups excluding carboxylic acids is 1. The topological polar surface area (TPSA) is 74.6 Å². The van der Waals surface area contributed by atoms with Gasteiger partial charge >= 0.3 is 6.09 Å². The fourth-order valence-electron chi connectivity index (χ4n) is 4.73. The molecule has 2 aromatic carbocycles. The van der Waals surface area contributed by atoms with Crippen LogP contribution in [0.3, 0.4) is 0 Å². The molecule has 0 radical (unpaired) electrons. The number of carbonyl (C=O) groups is 1. The lowest BCUT2D eigenvalue weighted by molar-refractivity contribution is -0.0365. The second-order valence-electron chi connectivity index (χ2n) is 9.03. The molecule has 1 aromatic heterocycles. The Bertz CT molecular complexity index is 1160. The summed E-state index contributed by atoms with van der Waals surface area (Å²) in [6.45, 7) is 1.51. The van der Waals surface area contributed by atoms with Crippen molar-refractivity contribution >= 4 is 17.0 Å². The lowest BCUT2D eigenvalue weighted by Crippen LogP contribution is -2.30. The number of nitrogens with one attached hydrogen (secondary N) is 1. The highest BCUT2D eigenvalue weighted by molar-refractivity contribution is 5.94. The third-order valence-corrected chi connectivity index (χ3v) is 6.67. The maximum Gasteiger partial charge on any atom is 0.407 e. The Morgan fingerprint density at radius 2 is 2.03 bits per heavy atom. The Morgan fingerprint density at radius 1 is 1.09 bits per heavy atom. The number of nitrogens with zero attached hydrogens (tertiary/aromatic N) is 2. The van der Waals surface area contributed by atoms with Crippen molar-refractivity contribution < 1.29 is 19.0 Å². The predicted molar refractivity (Wildman–Crippen MR) is 119 cm³/mol. The summed E-state index contributed by atoms with van der Waals surface area (Å²) in [6, 6.07) is 14.3. The number of benzene rings is 2. The number of aromatic nitrogens is 2. The number of alkyl carbamates (subject to hydrolysis) is 1. The van der Waals surface area contributed by atoms with Crippen LogP contribution in [-0.2, 0) is 16.1 Å². The summed E-state index contributed by atoms with van der Waals surface area (Å²) in [7, 11) is 0. The summed E-state index contributed by atoms with van der Waals surface area (Å²) < 4.78 is 20.0. The van der Waals surface area contributed by atoms with Crippen LogP contribution in [-0.4, -0.2) is 34.6 Å². The van der Waals surface area contributed by atoms with Crippen LogP contribution >= 0.6 is 0 Å². The lowest BCUT2D eigenvalue weighted by Gasteiger charge is -2.23. The van der Waals surface area contributed by atoms with Crippen LogP contribution in [0.5, 0.6) is 5.75 Å². The molecule has 4 bridgehead atoms. The molecule has 3 heterocycles. The normalized spacial score (nSPS) is 22.5. The van der Waals surface area contributed by atoms with Crippen molar-refractivity contribution in [2.24, 2.45) is 0 Å². The van der Waals surface area contributed by atoms with E-state index >= 15 is 0 Å². The average molecular weight is 434 g/mol. The molecule has 1 atom stereocenters. The van der Waals surface area contributed by atoms with Gasteiger partial charge in [0.15, 0.2) is 6.23 Å². The molecule has 1 N–H and O–H groups in total. The van der Waals surface area contributed by atoms with Crippen molar-refractivity contribution in [3.63, 3.8) is 0 Å². The number of cyclic esters (lactones) is 1. The minimum atomic E-state index is -0.400. The smallest absolute Gasteiger partial charge is 0.407 e. The van der Waals surface area contributed by atoms with Gasteiger partial charge in [0.2, 0.25) is 0 Å². The minimum Gasteiger partial charge on any atom is -0.487 e. The number of hydrogen-bond acceptors (Lipinski definition) is 5. The maximum absolute atomic E-state index is 12.1. The molecule has 1 amide bonds. The van der Waals surface area contributed by atoms with Gasteiger partial charge in [0.25, 0.3) is 0 Å². The van der Waals surface area contributed by atoms with Crippen LogP contribution in [0.15, 0.2) is 42.5 Å². The van der Waals surface area contributed by atoms with Crippen molar-refractivity contribution in [2.45, 2.75) is 57.0 Å². The summed E-state index contributed by atoms with van der Waals surface area (Å²) >= 11 is 0. The molecule has 2 aliphatic heterocycles. The zero-order chi connectivity index (χ0) is 21.5. The van der Waals surface area contributed by atoms with E-state index in [-0.39, 0.29) is 18.4 Å². The summed E-state index contributed by atoms with van der Waals surface area (Å²) in [5.41, 5.74) is 3.65. The fourth-order valence-corrected chi connectivity index (χ4v) is 4.73. The van der Waals surface area contributed by atoms with E-state index in [1.807, 2.05) is 35.0 Å². The molecule has 7 nitrogen and oxygen atoms in total. The molecule has 1 saturated heterocycles. The molecule has 1 unspecified atom stereocenters. The Labute approximate surface area is 186 Å². The van der Waals surface area contributed by atoms with E-state index in [0.717, 1.165) is 78.6 Å². The van der Waals surface area contributed by atoms with Crippen LogP contribution in [0.2, 0.25) is 0 Å². The van der Waals surface area contributed by atoms with Gasteiger partial charge in [0, 0.05) is 30.5 Å². The maximum atomic E-state index is 12.1. The van der Waals surface area contributed by atoms with Crippen LogP contribution in [0.25, 0.3) is 22.2 Å². The standard InChI is InChI=1S/C25H27N3O4/c29-24-26-12-11-25(9-10-25)32-19-7-8-21-20(15-19)23(18-5-3-4-17(14-18)16-31-24)27-28(21)22-6-1-2-13-30-22/h3-5,7-8,14-15,22H,1-2,6,9-13,16H2,(H,26,29). The molecule has 1 spiro atoms. The molecule has 3 aromatic rings. The average Bonchev–Trinajstić information content (AvgIpc) is 3.47. The molecular formula is C25H27N3O4. The van der Waals surface area contributed by atoms with Gasteiger partial charge in [-0.25, -0.2) is 9.48 Å². The minimum absolute atomic E-state index is 0.0534. The Morgan fingerprint density at radius 3 is 2.88 bits per heavy atom. The van der Waals surface area contributed by atoms with Gasteiger partial charge in [-0.1, -0.05) is 18.2 Å². The number of amides is 1. The third-order valence-electron chi connectivity index (χ3n) is 6.67. The summed E-state index contributed by atoms with van der Waals surface area (Å²) in [6.07, 6.45) is 5.48. The van der Waals surface area contributed by atoms with Gasteiger partial charge in [-0.2, -0.15) is 5.10 Å². The number of hydrogen-bond donors (Lipinski definition) is 1. The van der Waals surface area contributed by atoms with Crippen molar-refractivity contribution in [1.82, 2.24) is 15.1 Å². The van der Waals surface area contributed by atoms with Crippen LogP contribution in [0.1, 0.15) is 50.3 Å². The highest BCUT2D eigenvalue weighted by atomic mass is 16.5. The van der Waals surface area contributed by atoms with Gasteiger partial charge in [-0.15, -0.1) is 0 Å². The van der Waals surface area contributed by atoms with Crippen molar-refractivity contribution in [2.75, 3.05) is 13.2 Å². The van der Waals surface area contributed by atoms with Gasteiger partial charge in [-0.05, 0) is 61.9 Å². The zero-order valence-corrected chi connectivity index (χ0v) is 18.0. The highest BCUT2D eigenvalue weighted by Gasteiger charge is 2.45. The molecule has 32 heavy (non-hydrogen) atoms. The van der Waals surface area contributed by atoms with E-state index in [2.05, 4.69) is 17.4 Å². The lowest BCUT2D eigenvalue weighted by atomic mass is 10.0. The van der Waals surface area contributed by atoms with E-state index < -0.39 is 6.09 Å². The molecule has 3 aliphatic rings. The van der Waals surface area contributed by atoms with E-state index in [0.29, 0.717) is 6.54 Å². The Balaban J connectivity index is 1.48. The van der Waals surface area contributed by atoms with Crippen molar-refractivity contribution in [3.8, 4) is 17.0 Å². The molecule has 1 saturated carbocycles. The van der Waals surface area contributed by atoms with Gasteiger partial charge in [0.05, 0.1) is 5.52 Å². The molecule has 6 rings (SSSR count). The van der Waals surface area contributed by atoms with Crippen LogP contribution in [0, 0.1) is 0 Å². The first-order valence-corrected chi connectivity index (χ1v) is 11.5. The first kappa shape index (κ1) is 19.6. The van der Waals surface area contributed by atoms with E-state index in [1.165, 1.54) is 0 Å². The predicted octanol–water partition coefficient (Wildman–Crippen LogP) is 4.94. The number of fused-ring (bicyclic) bond motifs is 4. The highest BCUT2D eigenvalue weighted by Crippen LogP contribution is 2.44. The molecular weight excluding hydrogens is 406 g/mol. The SMILES string of the molecule is O=C1NCCC2(CC2)Oc2ccc3c(c2)c(nn3C2CCCCO2)-c2cccc(c2)CO1. The molecule has 166 valence electrons. The third kappa shape index (κ3) is 3.71. The van der Waals surface area contributed by atoms with E-state index in [4.69, 9.17) is 19.3 Å². The molecule has 7 heteroatoms. The van der Waals surface area contributed by atoms with Gasteiger partial charge in [-0.3, -0.25) is 0 Å². The van der Waals surface area contributed by atoms with Gasteiger partial charge < -0.3 is 19.5 Å². The van der Waals surface area contributed by atoms with Crippen molar-refractivity contribution in [1.29, 1.82) is 0 Å². The second kappa shape index (κ2) is 7.81. The number of ether oxygens (including phenoxy) is 3. The fraction of sp³-hybridized carbons (Fsp3) is 0.440. The first-order valence-electron chi connectivity index (χ1n) is 11.5. The van der Waals surface area contributed by atoms with E-state index in [1.54, 1.807) is 0 Å². The van der Waals surface area contributed by atoms with Crippen LogP contribution < -0.4 is 10.1 Å². The monoisotopic (exact) mass is 433 g/mol. The molecule has 1 aliphatic carbocycles. The Kier molecular flexibility index (Phi) is 4.79. The quantitative estimate of drug-likeness (QED) is 0.588. The number of rotatable bonds is 1. The second-order valence-corrected chi connectivity index (χ2v) is 9.03. The van der Waals surface area contributed by atoms with Crippen LogP contribution in [0.4, 0.5) is 4.79 Å². The summed E-state index contributed by atoms with van der Waals surface area (Å²) in [5.74, 6) is 0.842. The Hall–Kier alpha value is -3.06. The largest absolute Gasteiger partial charge is 0.487 e. The summed E-state index contributed by atoms with van der Waals surface area (Å²) in [5, 5.41) is 8.92. The first-order chi connectivity index (χ1) is 15.7. The molecule has 2 fully saturated rings.